The van der Waals surface area contributed by atoms with Gasteiger partial charge in [-0.25, -0.2) is 0 Å². The normalized spacial score (nSPS) is 11.3. The average molecular weight is 486 g/mol. The van der Waals surface area contributed by atoms with E-state index >= 15 is 0 Å². The Morgan fingerprint density at radius 1 is 0.941 bits per heavy atom. The predicted octanol–water partition coefficient (Wildman–Crippen LogP) is 6.15. The van der Waals surface area contributed by atoms with Crippen molar-refractivity contribution in [3.05, 3.63) is 107 Å². The largest absolute Gasteiger partial charge is 0.467 e. The Hall–Kier alpha value is -3.78. The molecule has 1 amide bonds. The van der Waals surface area contributed by atoms with Gasteiger partial charge in [-0.1, -0.05) is 66.2 Å². The highest BCUT2D eigenvalue weighted by Crippen LogP contribution is 2.33. The smallest absolute Gasteiger partial charge is 0.435 e. The zero-order valence-electron chi connectivity index (χ0n) is 17.7. The van der Waals surface area contributed by atoms with Crippen LogP contribution in [0.2, 0.25) is 5.02 Å². The molecule has 0 unspecified atom stereocenters. The van der Waals surface area contributed by atoms with Gasteiger partial charge in [-0.2, -0.15) is 23.0 Å². The number of carbonyl (C=O) groups is 1. The predicted molar refractivity (Wildman–Crippen MR) is 123 cm³/mol. The molecule has 4 aromatic rings. The second-order valence-electron chi connectivity index (χ2n) is 7.42. The minimum Gasteiger partial charge on any atom is -0.467 e. The first kappa shape index (κ1) is 23.4. The first-order valence-electron chi connectivity index (χ1n) is 10.3. The van der Waals surface area contributed by atoms with Crippen LogP contribution in [0, 0.1) is 0 Å². The monoisotopic (exact) mass is 485 g/mol. The van der Waals surface area contributed by atoms with Crippen molar-refractivity contribution in [3.63, 3.8) is 0 Å². The molecule has 5 nitrogen and oxygen atoms in total. The Bertz CT molecular complexity index is 1270. The summed E-state index contributed by atoms with van der Waals surface area (Å²) in [6.45, 7) is -0.515. The number of halogens is 4. The summed E-state index contributed by atoms with van der Waals surface area (Å²) in [7, 11) is 0. The molecule has 9 heteroatoms. The van der Waals surface area contributed by atoms with E-state index in [2.05, 4.69) is 10.4 Å². The summed E-state index contributed by atoms with van der Waals surface area (Å²) in [6.07, 6.45) is -3.93. The maximum atomic E-state index is 13.2. The van der Waals surface area contributed by atoms with E-state index in [1.54, 1.807) is 24.3 Å². The summed E-state index contributed by atoms with van der Waals surface area (Å²) in [6, 6.07) is 24.3. The maximum Gasteiger partial charge on any atom is 0.435 e. The van der Waals surface area contributed by atoms with E-state index in [-0.39, 0.29) is 16.6 Å². The molecule has 0 aliphatic heterocycles. The van der Waals surface area contributed by atoms with Gasteiger partial charge in [0.2, 0.25) is 5.88 Å². The van der Waals surface area contributed by atoms with Crippen molar-refractivity contribution in [2.75, 3.05) is 11.9 Å². The van der Waals surface area contributed by atoms with Gasteiger partial charge in [0.15, 0.2) is 12.3 Å². The number of rotatable bonds is 7. The number of benzene rings is 3. The number of amides is 1. The fourth-order valence-corrected chi connectivity index (χ4v) is 3.49. The summed E-state index contributed by atoms with van der Waals surface area (Å²) in [5, 5.41) is 6.42. The average Bonchev–Trinajstić information content (AvgIpc) is 3.25. The lowest BCUT2D eigenvalue weighted by molar-refractivity contribution is -0.141. The molecule has 1 heterocycles. The Kier molecular flexibility index (Phi) is 6.88. The number of ether oxygens (including phenoxy) is 1. The summed E-state index contributed by atoms with van der Waals surface area (Å²) in [5.41, 5.74) is 1.83. The molecule has 174 valence electrons. The van der Waals surface area contributed by atoms with E-state index in [9.17, 15) is 18.0 Å². The zero-order chi connectivity index (χ0) is 24.1. The number of hydrogen-bond acceptors (Lipinski definition) is 3. The minimum absolute atomic E-state index is 0.184. The Balaban J connectivity index is 1.42. The molecule has 3 aromatic carbocycles. The van der Waals surface area contributed by atoms with Crippen LogP contribution in [0.1, 0.15) is 16.8 Å². The molecule has 0 bridgehead atoms. The SMILES string of the molecule is O=C(COc1cc(C(F)(F)F)nn1-c1ccccc1Cl)Nc1ccc(Cc2ccccc2)cc1. The van der Waals surface area contributed by atoms with Crippen LogP contribution in [0.5, 0.6) is 5.88 Å². The quantitative estimate of drug-likeness (QED) is 0.341. The highest BCUT2D eigenvalue weighted by atomic mass is 35.5. The van der Waals surface area contributed by atoms with Gasteiger partial charge >= 0.3 is 6.18 Å². The van der Waals surface area contributed by atoms with Crippen molar-refractivity contribution in [3.8, 4) is 11.6 Å². The summed E-state index contributed by atoms with van der Waals surface area (Å²) < 4.78 is 45.9. The van der Waals surface area contributed by atoms with Gasteiger partial charge in [0.25, 0.3) is 5.91 Å². The molecule has 0 aliphatic carbocycles. The summed E-state index contributed by atoms with van der Waals surface area (Å²) in [4.78, 5) is 12.4. The highest BCUT2D eigenvalue weighted by molar-refractivity contribution is 6.32. The van der Waals surface area contributed by atoms with Gasteiger partial charge in [0.1, 0.15) is 0 Å². The molecular formula is C25H19ClF3N3O2. The first-order chi connectivity index (χ1) is 16.3. The minimum atomic E-state index is -4.69. The van der Waals surface area contributed by atoms with Crippen LogP contribution in [0.25, 0.3) is 5.69 Å². The molecule has 34 heavy (non-hydrogen) atoms. The fraction of sp³-hybridized carbons (Fsp3) is 0.120. The Morgan fingerprint density at radius 2 is 1.59 bits per heavy atom. The second kappa shape index (κ2) is 10.0. The number of anilines is 1. The number of carbonyl (C=O) groups excluding carboxylic acids is 1. The molecule has 0 fully saturated rings. The van der Waals surface area contributed by atoms with Gasteiger partial charge in [0, 0.05) is 11.8 Å². The molecule has 0 spiro atoms. The van der Waals surface area contributed by atoms with Crippen LogP contribution in [0.4, 0.5) is 18.9 Å². The standard InChI is InChI=1S/C25H19ClF3N3O2/c26-20-8-4-5-9-21(20)32-24(15-22(31-32)25(27,28)29)34-16-23(33)30-19-12-10-18(11-13-19)14-17-6-2-1-3-7-17/h1-13,15H,14,16H2,(H,30,33). The van der Waals surface area contributed by atoms with Gasteiger partial charge in [-0.3, -0.25) is 4.79 Å². The van der Waals surface area contributed by atoms with Gasteiger partial charge in [-0.15, -0.1) is 0 Å². The van der Waals surface area contributed by atoms with E-state index in [4.69, 9.17) is 16.3 Å². The molecular weight excluding hydrogens is 467 g/mol. The first-order valence-corrected chi connectivity index (χ1v) is 10.6. The molecule has 4 rings (SSSR count). The third kappa shape index (κ3) is 5.77. The Labute approximate surface area is 198 Å². The number of nitrogens with zero attached hydrogens (tertiary/aromatic N) is 2. The van der Waals surface area contributed by atoms with Crippen molar-refractivity contribution in [2.24, 2.45) is 0 Å². The van der Waals surface area contributed by atoms with Crippen LogP contribution in [-0.2, 0) is 17.4 Å². The van der Waals surface area contributed by atoms with Crippen molar-refractivity contribution in [2.45, 2.75) is 12.6 Å². The van der Waals surface area contributed by atoms with Crippen LogP contribution in [0.3, 0.4) is 0 Å². The summed E-state index contributed by atoms with van der Waals surface area (Å²) in [5.74, 6) is -0.787. The van der Waals surface area contributed by atoms with Crippen LogP contribution >= 0.6 is 11.6 Å². The van der Waals surface area contributed by atoms with Crippen LogP contribution < -0.4 is 10.1 Å². The fourth-order valence-electron chi connectivity index (χ4n) is 3.28. The number of hydrogen-bond donors (Lipinski definition) is 1. The third-order valence-corrected chi connectivity index (χ3v) is 5.21. The van der Waals surface area contributed by atoms with Gasteiger partial charge in [-0.05, 0) is 41.8 Å². The summed E-state index contributed by atoms with van der Waals surface area (Å²) >= 11 is 6.11. The maximum absolute atomic E-state index is 13.2. The molecule has 0 saturated carbocycles. The third-order valence-electron chi connectivity index (χ3n) is 4.89. The molecule has 0 aliphatic rings. The van der Waals surface area contributed by atoms with Crippen molar-refractivity contribution >= 4 is 23.2 Å². The lowest BCUT2D eigenvalue weighted by atomic mass is 10.0. The lowest BCUT2D eigenvalue weighted by Gasteiger charge is -2.11. The Morgan fingerprint density at radius 3 is 2.26 bits per heavy atom. The molecule has 0 atom stereocenters. The number of alkyl halides is 3. The molecule has 1 aromatic heterocycles. The van der Waals surface area contributed by atoms with E-state index in [1.807, 2.05) is 42.5 Å². The van der Waals surface area contributed by atoms with Crippen molar-refractivity contribution in [1.29, 1.82) is 0 Å². The highest BCUT2D eigenvalue weighted by Gasteiger charge is 2.36. The molecule has 0 radical (unpaired) electrons. The zero-order valence-corrected chi connectivity index (χ0v) is 18.5. The number of aromatic nitrogens is 2. The van der Waals surface area contributed by atoms with Crippen LogP contribution in [-0.4, -0.2) is 22.3 Å². The van der Waals surface area contributed by atoms with Crippen molar-refractivity contribution < 1.29 is 22.7 Å². The van der Waals surface area contributed by atoms with E-state index in [0.29, 0.717) is 5.69 Å². The lowest BCUT2D eigenvalue weighted by Crippen LogP contribution is -2.21. The molecule has 1 N–H and O–H groups in total. The van der Waals surface area contributed by atoms with E-state index in [1.165, 1.54) is 17.7 Å². The van der Waals surface area contributed by atoms with E-state index < -0.39 is 24.4 Å². The molecule has 0 saturated heterocycles. The number of nitrogens with one attached hydrogen (secondary N) is 1. The number of para-hydroxylation sites is 1. The topological polar surface area (TPSA) is 56.1 Å². The van der Waals surface area contributed by atoms with Crippen LogP contribution in [0.15, 0.2) is 84.9 Å². The van der Waals surface area contributed by atoms with E-state index in [0.717, 1.165) is 22.7 Å². The van der Waals surface area contributed by atoms with Gasteiger partial charge in [0.05, 0.1) is 10.7 Å². The van der Waals surface area contributed by atoms with Crippen molar-refractivity contribution in [1.82, 2.24) is 9.78 Å². The second-order valence-corrected chi connectivity index (χ2v) is 7.83. The van der Waals surface area contributed by atoms with Gasteiger partial charge < -0.3 is 10.1 Å².